The van der Waals surface area contributed by atoms with E-state index in [4.69, 9.17) is 11.6 Å². The van der Waals surface area contributed by atoms with Crippen LogP contribution in [0.2, 0.25) is 5.02 Å². The van der Waals surface area contributed by atoms with Crippen LogP contribution in [0.5, 0.6) is 0 Å². The van der Waals surface area contributed by atoms with Gasteiger partial charge in [0.2, 0.25) is 0 Å². The number of aromatic nitrogens is 4. The lowest BCUT2D eigenvalue weighted by Crippen LogP contribution is -2.36. The maximum Gasteiger partial charge on any atom is 0.162 e. The van der Waals surface area contributed by atoms with Gasteiger partial charge in [-0.1, -0.05) is 29.8 Å². The summed E-state index contributed by atoms with van der Waals surface area (Å²) >= 11 is 6.08. The van der Waals surface area contributed by atoms with Gasteiger partial charge in [0.05, 0.1) is 0 Å². The first-order chi connectivity index (χ1) is 11.3. The molecule has 3 aromatic rings. The van der Waals surface area contributed by atoms with Crippen molar-refractivity contribution in [2.45, 2.75) is 18.9 Å². The number of tetrazole rings is 1. The van der Waals surface area contributed by atoms with Crippen molar-refractivity contribution < 1.29 is 0 Å². The first-order valence-electron chi connectivity index (χ1n) is 7.94. The Morgan fingerprint density at radius 2 is 2.04 bits per heavy atom. The van der Waals surface area contributed by atoms with Gasteiger partial charge in [-0.3, -0.25) is 0 Å². The van der Waals surface area contributed by atoms with Crippen LogP contribution in [0.3, 0.4) is 0 Å². The molecule has 2 aromatic carbocycles. The normalized spacial score (nSPS) is 19.8. The molecular formula is C17H18ClN5. The minimum absolute atomic E-state index is 0.102. The fourth-order valence-corrected chi connectivity index (χ4v) is 3.64. The van der Waals surface area contributed by atoms with Crippen molar-refractivity contribution in [3.8, 4) is 0 Å². The molecule has 2 atom stereocenters. The minimum Gasteiger partial charge on any atom is -0.316 e. The van der Waals surface area contributed by atoms with Crippen molar-refractivity contribution >= 4 is 22.4 Å². The molecule has 118 valence electrons. The van der Waals surface area contributed by atoms with Gasteiger partial charge in [0.1, 0.15) is 6.04 Å². The molecule has 1 aromatic heterocycles. The van der Waals surface area contributed by atoms with Crippen LogP contribution in [0.4, 0.5) is 0 Å². The summed E-state index contributed by atoms with van der Waals surface area (Å²) in [6.07, 6.45) is 3.85. The second kappa shape index (κ2) is 6.26. The molecule has 1 saturated heterocycles. The second-order valence-electron chi connectivity index (χ2n) is 6.06. The molecule has 1 N–H and O–H groups in total. The van der Waals surface area contributed by atoms with E-state index >= 15 is 0 Å². The topological polar surface area (TPSA) is 55.6 Å². The smallest absolute Gasteiger partial charge is 0.162 e. The highest BCUT2D eigenvalue weighted by Crippen LogP contribution is 2.32. The van der Waals surface area contributed by atoms with Gasteiger partial charge >= 0.3 is 0 Å². The van der Waals surface area contributed by atoms with E-state index in [-0.39, 0.29) is 6.04 Å². The Kier molecular flexibility index (Phi) is 3.97. The number of piperidine rings is 1. The third-order valence-corrected chi connectivity index (χ3v) is 4.80. The molecule has 5 nitrogen and oxygen atoms in total. The highest BCUT2D eigenvalue weighted by molar-refractivity contribution is 6.31. The molecule has 0 saturated carbocycles. The molecule has 0 aliphatic carbocycles. The number of nitrogens with zero attached hydrogens (tertiary/aromatic N) is 4. The molecule has 1 fully saturated rings. The highest BCUT2D eigenvalue weighted by Gasteiger charge is 2.28. The second-order valence-corrected chi connectivity index (χ2v) is 6.49. The average molecular weight is 328 g/mol. The quantitative estimate of drug-likeness (QED) is 0.803. The van der Waals surface area contributed by atoms with Crippen LogP contribution in [0.1, 0.15) is 24.4 Å². The molecule has 1 aliphatic rings. The van der Waals surface area contributed by atoms with E-state index in [2.05, 4.69) is 45.0 Å². The summed E-state index contributed by atoms with van der Waals surface area (Å²) in [5.74, 6) is 0.461. The fraction of sp³-hybridized carbons (Fsp3) is 0.353. The van der Waals surface area contributed by atoms with Crippen LogP contribution in [-0.2, 0) is 0 Å². The first-order valence-corrected chi connectivity index (χ1v) is 8.31. The minimum atomic E-state index is 0.102. The summed E-state index contributed by atoms with van der Waals surface area (Å²) in [7, 11) is 0. The van der Waals surface area contributed by atoms with Gasteiger partial charge in [-0.25, -0.2) is 0 Å². The number of halogens is 1. The third-order valence-electron chi connectivity index (χ3n) is 4.56. The molecule has 0 amide bonds. The summed E-state index contributed by atoms with van der Waals surface area (Å²) in [6.45, 7) is 2.06. The van der Waals surface area contributed by atoms with Crippen molar-refractivity contribution in [1.82, 2.24) is 25.5 Å². The Bertz CT molecular complexity index is 796. The van der Waals surface area contributed by atoms with Crippen LogP contribution >= 0.6 is 11.6 Å². The van der Waals surface area contributed by atoms with Crippen LogP contribution in [0.15, 0.2) is 42.7 Å². The monoisotopic (exact) mass is 327 g/mol. The molecule has 0 bridgehead atoms. The Labute approximate surface area is 139 Å². The Balaban J connectivity index is 1.77. The number of rotatable bonds is 3. The van der Waals surface area contributed by atoms with Gasteiger partial charge in [0.25, 0.3) is 0 Å². The predicted molar refractivity (Wildman–Crippen MR) is 90.5 cm³/mol. The van der Waals surface area contributed by atoms with Crippen molar-refractivity contribution in [2.24, 2.45) is 5.92 Å². The van der Waals surface area contributed by atoms with Gasteiger partial charge in [0.15, 0.2) is 6.33 Å². The summed E-state index contributed by atoms with van der Waals surface area (Å²) < 4.78 is 0. The maximum absolute atomic E-state index is 6.08. The van der Waals surface area contributed by atoms with Crippen molar-refractivity contribution in [1.29, 1.82) is 0 Å². The van der Waals surface area contributed by atoms with E-state index in [1.807, 2.05) is 12.1 Å². The molecule has 0 radical (unpaired) electrons. The van der Waals surface area contributed by atoms with E-state index in [1.54, 1.807) is 4.80 Å². The predicted octanol–water partition coefficient (Wildman–Crippen LogP) is 3.07. The van der Waals surface area contributed by atoms with Gasteiger partial charge in [0, 0.05) is 11.6 Å². The number of hydrogen-bond acceptors (Lipinski definition) is 4. The lowest BCUT2D eigenvalue weighted by atomic mass is 9.87. The van der Waals surface area contributed by atoms with Crippen molar-refractivity contribution in [3.05, 3.63) is 53.3 Å². The van der Waals surface area contributed by atoms with E-state index in [1.165, 1.54) is 23.7 Å². The summed E-state index contributed by atoms with van der Waals surface area (Å²) in [6, 6.07) is 12.6. The maximum atomic E-state index is 6.08. The van der Waals surface area contributed by atoms with Crippen LogP contribution in [-0.4, -0.2) is 33.3 Å². The Hall–Kier alpha value is -1.98. The van der Waals surface area contributed by atoms with E-state index in [9.17, 15) is 0 Å². The first kappa shape index (κ1) is 14.6. The highest BCUT2D eigenvalue weighted by atomic mass is 35.5. The van der Waals surface area contributed by atoms with Crippen molar-refractivity contribution in [3.63, 3.8) is 0 Å². The summed E-state index contributed by atoms with van der Waals surface area (Å²) in [5, 5.41) is 19.0. The van der Waals surface area contributed by atoms with Crippen LogP contribution in [0.25, 0.3) is 10.8 Å². The summed E-state index contributed by atoms with van der Waals surface area (Å²) in [5.41, 5.74) is 1.21. The lowest BCUT2D eigenvalue weighted by Gasteiger charge is -2.30. The zero-order valence-electron chi connectivity index (χ0n) is 12.7. The lowest BCUT2D eigenvalue weighted by molar-refractivity contribution is 0.261. The van der Waals surface area contributed by atoms with Gasteiger partial charge < -0.3 is 5.32 Å². The molecule has 2 heterocycles. The Morgan fingerprint density at radius 1 is 1.17 bits per heavy atom. The standard InChI is InChI=1S/C17H18ClN5/c18-16-6-5-12-8-14(4-3-13(12)9-16)17(23-21-11-20-22-23)15-2-1-7-19-10-15/h3-6,8-9,11,15,17,19H,1-2,7,10H2. The molecule has 0 spiro atoms. The molecule has 4 rings (SSSR count). The fourth-order valence-electron chi connectivity index (χ4n) is 3.46. The SMILES string of the molecule is Clc1ccc2cc(C(C3CCCNC3)n3ncnn3)ccc2c1. The van der Waals surface area contributed by atoms with Gasteiger partial charge in [-0.15, -0.1) is 10.2 Å². The van der Waals surface area contributed by atoms with Crippen molar-refractivity contribution in [2.75, 3.05) is 13.1 Å². The van der Waals surface area contributed by atoms with Crippen LogP contribution in [0, 0.1) is 5.92 Å². The third kappa shape index (κ3) is 2.94. The zero-order chi connectivity index (χ0) is 15.6. The average Bonchev–Trinajstić information content (AvgIpc) is 3.10. The van der Waals surface area contributed by atoms with E-state index in [0.29, 0.717) is 5.92 Å². The van der Waals surface area contributed by atoms with Gasteiger partial charge in [-0.2, -0.15) is 4.80 Å². The number of benzene rings is 2. The zero-order valence-corrected chi connectivity index (χ0v) is 13.4. The summed E-state index contributed by atoms with van der Waals surface area (Å²) in [4.78, 5) is 1.74. The van der Waals surface area contributed by atoms with E-state index in [0.717, 1.165) is 29.9 Å². The Morgan fingerprint density at radius 3 is 2.83 bits per heavy atom. The van der Waals surface area contributed by atoms with E-state index < -0.39 is 0 Å². The molecule has 2 unspecified atom stereocenters. The number of fused-ring (bicyclic) bond motifs is 1. The molecule has 23 heavy (non-hydrogen) atoms. The number of nitrogens with one attached hydrogen (secondary N) is 1. The van der Waals surface area contributed by atoms with Gasteiger partial charge in [-0.05, 0) is 65.1 Å². The number of hydrogen-bond donors (Lipinski definition) is 1. The largest absolute Gasteiger partial charge is 0.316 e. The molecule has 1 aliphatic heterocycles. The molecule has 6 heteroatoms. The van der Waals surface area contributed by atoms with Crippen LogP contribution < -0.4 is 5.32 Å². The molecular weight excluding hydrogens is 310 g/mol.